The Balaban J connectivity index is 1.46. The van der Waals surface area contributed by atoms with Crippen LogP contribution in [0.15, 0.2) is 54.6 Å². The predicted molar refractivity (Wildman–Crippen MR) is 131 cm³/mol. The summed E-state index contributed by atoms with van der Waals surface area (Å²) in [7, 11) is 0. The van der Waals surface area contributed by atoms with Gasteiger partial charge in [0.15, 0.2) is 0 Å². The summed E-state index contributed by atoms with van der Waals surface area (Å²) in [5.74, 6) is 0. The van der Waals surface area contributed by atoms with Gasteiger partial charge in [0.1, 0.15) is 5.60 Å². The van der Waals surface area contributed by atoms with Crippen LogP contribution in [0, 0.1) is 0 Å². The monoisotopic (exact) mass is 448 g/mol. The van der Waals surface area contributed by atoms with E-state index in [1.807, 2.05) is 57.2 Å². The average molecular weight is 449 g/mol. The van der Waals surface area contributed by atoms with Crippen molar-refractivity contribution in [3.05, 3.63) is 65.9 Å². The maximum Gasteiger partial charge on any atom is 0.410 e. The molecule has 0 spiro atoms. The van der Waals surface area contributed by atoms with Gasteiger partial charge in [0.05, 0.1) is 0 Å². The van der Waals surface area contributed by atoms with E-state index in [0.29, 0.717) is 26.2 Å². The van der Waals surface area contributed by atoms with E-state index in [-0.39, 0.29) is 12.1 Å². The Morgan fingerprint density at radius 1 is 0.970 bits per heavy atom. The van der Waals surface area contributed by atoms with Crippen LogP contribution in [0.5, 0.6) is 0 Å². The van der Waals surface area contributed by atoms with E-state index in [9.17, 15) is 9.59 Å². The first-order valence-electron chi connectivity index (χ1n) is 11.5. The molecule has 3 amide bonds. The van der Waals surface area contributed by atoms with E-state index in [4.69, 9.17) is 4.74 Å². The summed E-state index contributed by atoms with van der Waals surface area (Å²) in [5, 5.41) is 7.02. The number of hydrogen-bond acceptors (Lipinski definition) is 3. The molecule has 174 valence electrons. The second-order valence-corrected chi connectivity index (χ2v) is 9.31. The molecule has 2 heterocycles. The van der Waals surface area contributed by atoms with Crippen LogP contribution < -0.4 is 10.6 Å². The summed E-state index contributed by atoms with van der Waals surface area (Å²) in [6.45, 7) is 8.07. The van der Waals surface area contributed by atoms with Gasteiger partial charge < -0.3 is 24.8 Å². The predicted octanol–water partition coefficient (Wildman–Crippen LogP) is 4.80. The molecule has 1 aromatic heterocycles. The van der Waals surface area contributed by atoms with Crippen LogP contribution in [0.3, 0.4) is 0 Å². The minimum Gasteiger partial charge on any atom is -0.444 e. The number of aromatic nitrogens is 1. The van der Waals surface area contributed by atoms with Gasteiger partial charge in [-0.1, -0.05) is 36.4 Å². The number of rotatable bonds is 4. The number of hydrogen-bond donors (Lipinski definition) is 2. The highest BCUT2D eigenvalue weighted by Crippen LogP contribution is 2.29. The zero-order chi connectivity index (χ0) is 23.4. The molecule has 1 aliphatic heterocycles. The Bertz CT molecular complexity index is 1130. The largest absolute Gasteiger partial charge is 0.444 e. The van der Waals surface area contributed by atoms with E-state index < -0.39 is 5.60 Å². The number of ether oxygens (including phenoxy) is 1. The van der Waals surface area contributed by atoms with Gasteiger partial charge in [0, 0.05) is 54.9 Å². The molecule has 0 radical (unpaired) electrons. The van der Waals surface area contributed by atoms with Crippen molar-refractivity contribution in [2.45, 2.75) is 45.8 Å². The quantitative estimate of drug-likeness (QED) is 0.602. The molecule has 0 unspecified atom stereocenters. The molecule has 0 aliphatic carbocycles. The zero-order valence-electron chi connectivity index (χ0n) is 19.6. The third-order valence-corrected chi connectivity index (χ3v) is 5.75. The topological polar surface area (TPSA) is 75.6 Å². The van der Waals surface area contributed by atoms with Crippen molar-refractivity contribution in [1.82, 2.24) is 14.8 Å². The number of carbonyl (C=O) groups is 2. The van der Waals surface area contributed by atoms with Gasteiger partial charge in [-0.3, -0.25) is 0 Å². The summed E-state index contributed by atoms with van der Waals surface area (Å²) in [4.78, 5) is 26.7. The first kappa shape index (κ1) is 22.7. The summed E-state index contributed by atoms with van der Waals surface area (Å²) >= 11 is 0. The van der Waals surface area contributed by atoms with Crippen molar-refractivity contribution in [2.75, 3.05) is 25.0 Å². The molecule has 0 fully saturated rings. The summed E-state index contributed by atoms with van der Waals surface area (Å²) in [6.07, 6.45) is 1.27. The maximum absolute atomic E-state index is 12.6. The molecule has 2 N–H and O–H groups in total. The molecular formula is C26H32N4O3. The van der Waals surface area contributed by atoms with Crippen LogP contribution in [0.4, 0.5) is 15.3 Å². The van der Waals surface area contributed by atoms with Gasteiger partial charge in [0.2, 0.25) is 0 Å². The van der Waals surface area contributed by atoms with Gasteiger partial charge in [-0.05, 0) is 51.0 Å². The SMILES string of the molecule is CC(C)(C)OC(=O)N1CCc2c(n(CCNC(=O)Nc3ccccc3)c3ccccc23)CC1. The minimum absolute atomic E-state index is 0.222. The van der Waals surface area contributed by atoms with Crippen molar-refractivity contribution in [3.63, 3.8) is 0 Å². The smallest absolute Gasteiger partial charge is 0.410 e. The fourth-order valence-electron chi connectivity index (χ4n) is 4.33. The molecule has 3 aromatic rings. The molecule has 0 atom stereocenters. The highest BCUT2D eigenvalue weighted by molar-refractivity contribution is 5.89. The van der Waals surface area contributed by atoms with Crippen LogP contribution in [0.1, 0.15) is 32.0 Å². The van der Waals surface area contributed by atoms with Gasteiger partial charge in [-0.15, -0.1) is 0 Å². The lowest BCUT2D eigenvalue weighted by atomic mass is 10.1. The third kappa shape index (κ3) is 5.48. The van der Waals surface area contributed by atoms with Gasteiger partial charge in [0.25, 0.3) is 0 Å². The second-order valence-electron chi connectivity index (χ2n) is 9.31. The zero-order valence-corrected chi connectivity index (χ0v) is 19.6. The summed E-state index contributed by atoms with van der Waals surface area (Å²) in [6, 6.07) is 17.5. The van der Waals surface area contributed by atoms with E-state index in [1.165, 1.54) is 22.2 Å². The first-order valence-corrected chi connectivity index (χ1v) is 11.5. The van der Waals surface area contributed by atoms with Crippen LogP contribution in [-0.2, 0) is 24.1 Å². The molecule has 1 aliphatic rings. The Hall–Kier alpha value is -3.48. The molecule has 7 nitrogen and oxygen atoms in total. The normalized spacial score (nSPS) is 13.8. The molecule has 2 aromatic carbocycles. The van der Waals surface area contributed by atoms with Gasteiger partial charge >= 0.3 is 12.1 Å². The van der Waals surface area contributed by atoms with Crippen LogP contribution >= 0.6 is 0 Å². The number of nitrogens with one attached hydrogen (secondary N) is 2. The Morgan fingerprint density at radius 3 is 2.42 bits per heavy atom. The highest BCUT2D eigenvalue weighted by atomic mass is 16.6. The lowest BCUT2D eigenvalue weighted by molar-refractivity contribution is 0.0258. The van der Waals surface area contributed by atoms with Crippen LogP contribution in [0.2, 0.25) is 0 Å². The number of nitrogens with zero attached hydrogens (tertiary/aromatic N) is 2. The average Bonchev–Trinajstić information content (AvgIpc) is 2.91. The van der Waals surface area contributed by atoms with E-state index >= 15 is 0 Å². The van der Waals surface area contributed by atoms with E-state index in [0.717, 1.165) is 18.5 Å². The fraction of sp³-hybridized carbons (Fsp3) is 0.385. The second kappa shape index (κ2) is 9.57. The number of anilines is 1. The molecule has 4 rings (SSSR count). The van der Waals surface area contributed by atoms with Crippen molar-refractivity contribution in [2.24, 2.45) is 0 Å². The minimum atomic E-state index is -0.510. The lowest BCUT2D eigenvalue weighted by Gasteiger charge is -2.26. The fourth-order valence-corrected chi connectivity index (χ4v) is 4.33. The number of urea groups is 1. The molecule has 0 saturated heterocycles. The molecule has 33 heavy (non-hydrogen) atoms. The Kier molecular flexibility index (Phi) is 6.58. The van der Waals surface area contributed by atoms with Gasteiger partial charge in [-0.25, -0.2) is 9.59 Å². The number of amides is 3. The Morgan fingerprint density at radius 2 is 1.67 bits per heavy atom. The van der Waals surface area contributed by atoms with E-state index in [1.54, 1.807) is 4.90 Å². The standard InChI is InChI=1S/C26H32N4O3/c1-26(2,3)33-25(32)29-16-13-21-20-11-7-8-12-22(20)30(23(21)14-17-29)18-15-27-24(31)28-19-9-5-4-6-10-19/h4-12H,13-18H2,1-3H3,(H2,27,28,31). The van der Waals surface area contributed by atoms with Crippen molar-refractivity contribution < 1.29 is 14.3 Å². The first-order chi connectivity index (χ1) is 15.8. The number of carbonyl (C=O) groups excluding carboxylic acids is 2. The van der Waals surface area contributed by atoms with Crippen molar-refractivity contribution in [1.29, 1.82) is 0 Å². The number of benzene rings is 2. The maximum atomic E-state index is 12.6. The number of para-hydroxylation sites is 2. The van der Waals surface area contributed by atoms with Crippen LogP contribution in [0.25, 0.3) is 10.9 Å². The Labute approximate surface area is 194 Å². The number of fused-ring (bicyclic) bond motifs is 3. The highest BCUT2D eigenvalue weighted by Gasteiger charge is 2.27. The molecule has 0 bridgehead atoms. The molecular weight excluding hydrogens is 416 g/mol. The summed E-state index contributed by atoms with van der Waals surface area (Å²) in [5.41, 5.74) is 3.93. The molecule has 7 heteroatoms. The lowest BCUT2D eigenvalue weighted by Crippen LogP contribution is -2.38. The molecule has 0 saturated carbocycles. The van der Waals surface area contributed by atoms with Gasteiger partial charge in [-0.2, -0.15) is 0 Å². The summed E-state index contributed by atoms with van der Waals surface area (Å²) < 4.78 is 7.88. The van der Waals surface area contributed by atoms with Crippen molar-refractivity contribution in [3.8, 4) is 0 Å². The van der Waals surface area contributed by atoms with Crippen molar-refractivity contribution >= 4 is 28.7 Å². The van der Waals surface area contributed by atoms with E-state index in [2.05, 4.69) is 33.4 Å². The third-order valence-electron chi connectivity index (χ3n) is 5.75. The van der Waals surface area contributed by atoms with Crippen LogP contribution in [-0.4, -0.2) is 46.8 Å².